The topological polar surface area (TPSA) is 49.3 Å². The molecule has 0 aromatic rings. The van der Waals surface area contributed by atoms with Gasteiger partial charge in [0.1, 0.15) is 0 Å². The van der Waals surface area contributed by atoms with Crippen molar-refractivity contribution in [3.63, 3.8) is 0 Å². The van der Waals surface area contributed by atoms with E-state index in [-0.39, 0.29) is 6.42 Å². The van der Waals surface area contributed by atoms with Gasteiger partial charge in [-0.05, 0) is 12.8 Å². The van der Waals surface area contributed by atoms with E-state index in [1.807, 2.05) is 0 Å². The number of unbranched alkanes of at least 4 members (excludes halogenated alkanes) is 1. The summed E-state index contributed by atoms with van der Waals surface area (Å²) in [5, 5.41) is 11.8. The summed E-state index contributed by atoms with van der Waals surface area (Å²) < 4.78 is 0. The van der Waals surface area contributed by atoms with E-state index in [1.54, 1.807) is 0 Å². The molecule has 0 heterocycles. The summed E-state index contributed by atoms with van der Waals surface area (Å²) in [4.78, 5) is 10.3. The Morgan fingerprint density at radius 3 is 2.50 bits per heavy atom. The molecule has 1 unspecified atom stereocenters. The first-order valence-electron chi connectivity index (χ1n) is 5.65. The molecular formula is C11H23NO2. The van der Waals surface area contributed by atoms with Crippen molar-refractivity contribution in [2.75, 3.05) is 6.54 Å². The van der Waals surface area contributed by atoms with E-state index in [0.29, 0.717) is 12.6 Å². The molecule has 0 amide bonds. The Morgan fingerprint density at radius 1 is 1.29 bits per heavy atom. The van der Waals surface area contributed by atoms with Crippen molar-refractivity contribution in [2.45, 2.75) is 58.4 Å². The molecule has 0 saturated carbocycles. The largest absolute Gasteiger partial charge is 0.481 e. The number of nitrogens with one attached hydrogen (secondary N) is 1. The highest BCUT2D eigenvalue weighted by Gasteiger charge is 2.06. The van der Waals surface area contributed by atoms with Gasteiger partial charge in [-0.25, -0.2) is 0 Å². The third-order valence-electron chi connectivity index (χ3n) is 2.32. The molecule has 3 heteroatoms. The first-order chi connectivity index (χ1) is 6.70. The standard InChI is InChI=1S/C11H23NO2/c1-3-5-7-10(6-4-2)12-9-8-11(13)14/h10,12H,3-9H2,1-2H3,(H,13,14). The van der Waals surface area contributed by atoms with Gasteiger partial charge in [-0.3, -0.25) is 4.79 Å². The smallest absolute Gasteiger partial charge is 0.304 e. The second-order valence-corrected chi connectivity index (χ2v) is 3.73. The van der Waals surface area contributed by atoms with Crippen LogP contribution in [0.1, 0.15) is 52.4 Å². The Labute approximate surface area is 86.9 Å². The Morgan fingerprint density at radius 2 is 2.00 bits per heavy atom. The number of carbonyl (C=O) groups is 1. The summed E-state index contributed by atoms with van der Waals surface area (Å²) in [5.41, 5.74) is 0. The van der Waals surface area contributed by atoms with Crippen molar-refractivity contribution in [3.8, 4) is 0 Å². The van der Waals surface area contributed by atoms with Crippen LogP contribution in [0.5, 0.6) is 0 Å². The van der Waals surface area contributed by atoms with Crippen LogP contribution in [0.2, 0.25) is 0 Å². The molecule has 3 nitrogen and oxygen atoms in total. The van der Waals surface area contributed by atoms with E-state index in [9.17, 15) is 4.79 Å². The molecule has 0 aromatic heterocycles. The van der Waals surface area contributed by atoms with Crippen LogP contribution in [0, 0.1) is 0 Å². The fourth-order valence-electron chi connectivity index (χ4n) is 1.53. The average Bonchev–Trinajstić information content (AvgIpc) is 2.13. The Bertz CT molecular complexity index is 148. The van der Waals surface area contributed by atoms with Crippen molar-refractivity contribution in [3.05, 3.63) is 0 Å². The molecular weight excluding hydrogens is 178 g/mol. The van der Waals surface area contributed by atoms with Crippen molar-refractivity contribution in [1.82, 2.24) is 5.32 Å². The van der Waals surface area contributed by atoms with Gasteiger partial charge in [-0.15, -0.1) is 0 Å². The summed E-state index contributed by atoms with van der Waals surface area (Å²) >= 11 is 0. The highest BCUT2D eigenvalue weighted by molar-refractivity contribution is 5.66. The first-order valence-corrected chi connectivity index (χ1v) is 5.65. The molecule has 14 heavy (non-hydrogen) atoms. The lowest BCUT2D eigenvalue weighted by Gasteiger charge is -2.16. The third-order valence-corrected chi connectivity index (χ3v) is 2.32. The van der Waals surface area contributed by atoms with Gasteiger partial charge >= 0.3 is 5.97 Å². The minimum atomic E-state index is -0.719. The molecule has 0 aromatic carbocycles. The Kier molecular flexibility index (Phi) is 8.64. The van der Waals surface area contributed by atoms with Crippen LogP contribution >= 0.6 is 0 Å². The maximum atomic E-state index is 10.3. The van der Waals surface area contributed by atoms with E-state index in [1.165, 1.54) is 19.3 Å². The number of hydrogen-bond donors (Lipinski definition) is 2. The molecule has 0 bridgehead atoms. The van der Waals surface area contributed by atoms with Gasteiger partial charge in [0.2, 0.25) is 0 Å². The second kappa shape index (κ2) is 9.00. The van der Waals surface area contributed by atoms with Gasteiger partial charge < -0.3 is 10.4 Å². The molecule has 84 valence electrons. The number of aliphatic carboxylic acids is 1. The highest BCUT2D eigenvalue weighted by atomic mass is 16.4. The SMILES string of the molecule is CCCCC(CCC)NCCC(=O)O. The first kappa shape index (κ1) is 13.4. The minimum Gasteiger partial charge on any atom is -0.481 e. The van der Waals surface area contributed by atoms with Crippen molar-refractivity contribution < 1.29 is 9.90 Å². The monoisotopic (exact) mass is 201 g/mol. The van der Waals surface area contributed by atoms with E-state index < -0.39 is 5.97 Å². The van der Waals surface area contributed by atoms with Crippen LogP contribution in [-0.4, -0.2) is 23.7 Å². The van der Waals surface area contributed by atoms with E-state index in [0.717, 1.165) is 12.8 Å². The van der Waals surface area contributed by atoms with Crippen molar-refractivity contribution >= 4 is 5.97 Å². The zero-order chi connectivity index (χ0) is 10.8. The van der Waals surface area contributed by atoms with Crippen molar-refractivity contribution in [2.24, 2.45) is 0 Å². The van der Waals surface area contributed by atoms with Crippen molar-refractivity contribution in [1.29, 1.82) is 0 Å². The summed E-state index contributed by atoms with van der Waals surface area (Å²) in [6.45, 7) is 4.95. The molecule has 0 aliphatic rings. The van der Waals surface area contributed by atoms with Crippen LogP contribution in [0.3, 0.4) is 0 Å². The zero-order valence-corrected chi connectivity index (χ0v) is 9.38. The molecule has 0 rings (SSSR count). The molecule has 0 saturated heterocycles. The minimum absolute atomic E-state index is 0.229. The van der Waals surface area contributed by atoms with Crippen LogP contribution < -0.4 is 5.32 Å². The average molecular weight is 201 g/mol. The normalized spacial score (nSPS) is 12.7. The highest BCUT2D eigenvalue weighted by Crippen LogP contribution is 2.06. The van der Waals surface area contributed by atoms with E-state index in [4.69, 9.17) is 5.11 Å². The van der Waals surface area contributed by atoms with Crippen LogP contribution in [0.4, 0.5) is 0 Å². The van der Waals surface area contributed by atoms with Crippen LogP contribution in [0.15, 0.2) is 0 Å². The molecule has 0 aliphatic heterocycles. The van der Waals surface area contributed by atoms with E-state index >= 15 is 0 Å². The fourth-order valence-corrected chi connectivity index (χ4v) is 1.53. The Balaban J connectivity index is 3.55. The fraction of sp³-hybridized carbons (Fsp3) is 0.909. The predicted molar refractivity (Wildman–Crippen MR) is 58.5 cm³/mol. The quantitative estimate of drug-likeness (QED) is 0.602. The summed E-state index contributed by atoms with van der Waals surface area (Å²) in [6.07, 6.45) is 6.15. The van der Waals surface area contributed by atoms with Crippen LogP contribution in [0.25, 0.3) is 0 Å². The van der Waals surface area contributed by atoms with Gasteiger partial charge in [0.25, 0.3) is 0 Å². The lowest BCUT2D eigenvalue weighted by Crippen LogP contribution is -2.30. The molecule has 0 fully saturated rings. The van der Waals surface area contributed by atoms with E-state index in [2.05, 4.69) is 19.2 Å². The van der Waals surface area contributed by atoms with Gasteiger partial charge in [0.15, 0.2) is 0 Å². The van der Waals surface area contributed by atoms with Gasteiger partial charge in [0.05, 0.1) is 6.42 Å². The molecule has 0 radical (unpaired) electrons. The van der Waals surface area contributed by atoms with Gasteiger partial charge in [0, 0.05) is 12.6 Å². The Hall–Kier alpha value is -0.570. The van der Waals surface area contributed by atoms with Crippen LogP contribution in [-0.2, 0) is 4.79 Å². The molecule has 2 N–H and O–H groups in total. The van der Waals surface area contributed by atoms with Gasteiger partial charge in [-0.2, -0.15) is 0 Å². The summed E-state index contributed by atoms with van der Waals surface area (Å²) in [5.74, 6) is -0.719. The van der Waals surface area contributed by atoms with Gasteiger partial charge in [-0.1, -0.05) is 33.1 Å². The number of carboxylic acids is 1. The molecule has 0 spiro atoms. The molecule has 1 atom stereocenters. The second-order valence-electron chi connectivity index (χ2n) is 3.73. The zero-order valence-electron chi connectivity index (χ0n) is 9.38. The third kappa shape index (κ3) is 8.05. The lowest BCUT2D eigenvalue weighted by molar-refractivity contribution is -0.136. The maximum absolute atomic E-state index is 10.3. The maximum Gasteiger partial charge on any atom is 0.304 e. The number of rotatable bonds is 9. The summed E-state index contributed by atoms with van der Waals surface area (Å²) in [6, 6.07) is 0.513. The lowest BCUT2D eigenvalue weighted by atomic mass is 10.1. The number of carboxylic acid groups (broad SMARTS) is 1. The number of hydrogen-bond acceptors (Lipinski definition) is 2. The summed E-state index contributed by atoms with van der Waals surface area (Å²) in [7, 11) is 0. The predicted octanol–water partition coefficient (Wildman–Crippen LogP) is 2.41. The molecule has 0 aliphatic carbocycles.